The summed E-state index contributed by atoms with van der Waals surface area (Å²) < 4.78 is 32.2. The summed E-state index contributed by atoms with van der Waals surface area (Å²) in [6.45, 7) is 1.83. The maximum Gasteiger partial charge on any atom is 0.252 e. The third-order valence-corrected chi connectivity index (χ3v) is 7.04. The van der Waals surface area contributed by atoms with Crippen LogP contribution in [0.15, 0.2) is 53.4 Å². The van der Waals surface area contributed by atoms with Crippen LogP contribution in [0.25, 0.3) is 0 Å². The van der Waals surface area contributed by atoms with E-state index in [4.69, 9.17) is 16.3 Å². The second-order valence-corrected chi connectivity index (χ2v) is 9.20. The van der Waals surface area contributed by atoms with Gasteiger partial charge in [-0.15, -0.1) is 0 Å². The van der Waals surface area contributed by atoms with E-state index in [1.807, 2.05) is 18.2 Å². The van der Waals surface area contributed by atoms with Gasteiger partial charge >= 0.3 is 0 Å². The lowest BCUT2D eigenvalue weighted by atomic mass is 10.1. The van der Waals surface area contributed by atoms with E-state index in [2.05, 4.69) is 17.4 Å². The van der Waals surface area contributed by atoms with Gasteiger partial charge in [0.05, 0.1) is 28.7 Å². The second kappa shape index (κ2) is 10.2. The Morgan fingerprint density at radius 1 is 1.07 bits per heavy atom. The molecule has 0 saturated carbocycles. The van der Waals surface area contributed by atoms with E-state index in [0.29, 0.717) is 32.8 Å². The van der Waals surface area contributed by atoms with Gasteiger partial charge in [-0.25, -0.2) is 8.42 Å². The standard InChI is InChI=1S/C21H25ClN2O4S/c22-20-10-9-18(29(26,27)24-12-14-28-15-13-24)16-19(20)21(25)23-11-5-4-8-17-6-2-1-3-7-17/h1-3,6-7,9-10,16H,4-5,8,11-15H2,(H,23,25). The van der Waals surface area contributed by atoms with Crippen LogP contribution in [0.2, 0.25) is 5.02 Å². The van der Waals surface area contributed by atoms with Crippen molar-refractivity contribution in [2.24, 2.45) is 0 Å². The summed E-state index contributed by atoms with van der Waals surface area (Å²) in [6.07, 6.45) is 2.72. The zero-order chi connectivity index (χ0) is 20.7. The summed E-state index contributed by atoms with van der Waals surface area (Å²) in [5, 5.41) is 3.06. The smallest absolute Gasteiger partial charge is 0.252 e. The molecule has 0 aromatic heterocycles. The molecule has 1 aliphatic heterocycles. The molecule has 0 unspecified atom stereocenters. The molecule has 6 nitrogen and oxygen atoms in total. The molecule has 1 amide bonds. The predicted molar refractivity (Wildman–Crippen MR) is 113 cm³/mol. The molecule has 1 aliphatic rings. The Labute approximate surface area is 176 Å². The number of nitrogens with one attached hydrogen (secondary N) is 1. The van der Waals surface area contributed by atoms with Gasteiger partial charge in [0.15, 0.2) is 0 Å². The summed E-state index contributed by atoms with van der Waals surface area (Å²) in [5.41, 5.74) is 1.44. The van der Waals surface area contributed by atoms with Gasteiger partial charge in [0.2, 0.25) is 10.0 Å². The van der Waals surface area contributed by atoms with Crippen molar-refractivity contribution in [3.05, 3.63) is 64.7 Å². The molecule has 0 bridgehead atoms. The van der Waals surface area contributed by atoms with Crippen LogP contribution >= 0.6 is 11.6 Å². The molecule has 1 N–H and O–H groups in total. The summed E-state index contributed by atoms with van der Waals surface area (Å²) in [7, 11) is -3.68. The summed E-state index contributed by atoms with van der Waals surface area (Å²) in [6, 6.07) is 14.4. The normalized spacial score (nSPS) is 15.2. The Kier molecular flexibility index (Phi) is 7.66. The fourth-order valence-corrected chi connectivity index (χ4v) is 4.81. The first-order chi connectivity index (χ1) is 14.0. The minimum atomic E-state index is -3.68. The van der Waals surface area contributed by atoms with E-state index >= 15 is 0 Å². The van der Waals surface area contributed by atoms with Crippen LogP contribution < -0.4 is 5.32 Å². The van der Waals surface area contributed by atoms with Crippen molar-refractivity contribution in [3.8, 4) is 0 Å². The maximum atomic E-state index is 12.8. The number of rotatable bonds is 8. The minimum absolute atomic E-state index is 0.0676. The van der Waals surface area contributed by atoms with Gasteiger partial charge in [-0.2, -0.15) is 4.31 Å². The number of sulfonamides is 1. The largest absolute Gasteiger partial charge is 0.379 e. The van der Waals surface area contributed by atoms with Crippen molar-refractivity contribution in [2.75, 3.05) is 32.8 Å². The SMILES string of the molecule is O=C(NCCCCc1ccccc1)c1cc(S(=O)(=O)N2CCOCC2)ccc1Cl. The van der Waals surface area contributed by atoms with E-state index in [0.717, 1.165) is 19.3 Å². The molecule has 2 aromatic rings. The van der Waals surface area contributed by atoms with Gasteiger partial charge in [-0.3, -0.25) is 4.79 Å². The quantitative estimate of drug-likeness (QED) is 0.645. The van der Waals surface area contributed by atoms with Crippen molar-refractivity contribution in [3.63, 3.8) is 0 Å². The number of unbranched alkanes of at least 4 members (excludes halogenated alkanes) is 1. The molecule has 0 aliphatic carbocycles. The third-order valence-electron chi connectivity index (χ3n) is 4.81. The zero-order valence-corrected chi connectivity index (χ0v) is 17.7. The minimum Gasteiger partial charge on any atom is -0.379 e. The van der Waals surface area contributed by atoms with Crippen molar-refractivity contribution >= 4 is 27.5 Å². The number of morpholine rings is 1. The molecule has 1 saturated heterocycles. The highest BCUT2D eigenvalue weighted by Crippen LogP contribution is 2.23. The Balaban J connectivity index is 1.58. The number of hydrogen-bond acceptors (Lipinski definition) is 4. The molecule has 1 heterocycles. The summed E-state index contributed by atoms with van der Waals surface area (Å²) in [4.78, 5) is 12.6. The molecule has 8 heteroatoms. The molecular formula is C21H25ClN2O4S. The molecular weight excluding hydrogens is 412 g/mol. The van der Waals surface area contributed by atoms with Gasteiger partial charge in [0.25, 0.3) is 5.91 Å². The highest BCUT2D eigenvalue weighted by atomic mass is 35.5. The summed E-state index contributed by atoms with van der Waals surface area (Å²) >= 11 is 6.16. The number of amides is 1. The maximum absolute atomic E-state index is 12.8. The van der Waals surface area contributed by atoms with Crippen LogP contribution in [0.1, 0.15) is 28.8 Å². The van der Waals surface area contributed by atoms with Crippen molar-refractivity contribution < 1.29 is 17.9 Å². The van der Waals surface area contributed by atoms with E-state index in [1.165, 1.54) is 28.1 Å². The van der Waals surface area contributed by atoms with Gasteiger partial charge < -0.3 is 10.1 Å². The van der Waals surface area contributed by atoms with E-state index < -0.39 is 10.0 Å². The number of aryl methyl sites for hydroxylation is 1. The van der Waals surface area contributed by atoms with Crippen LogP contribution in [0.3, 0.4) is 0 Å². The van der Waals surface area contributed by atoms with Crippen molar-refractivity contribution in [2.45, 2.75) is 24.2 Å². The number of halogens is 1. The lowest BCUT2D eigenvalue weighted by Crippen LogP contribution is -2.40. The highest BCUT2D eigenvalue weighted by molar-refractivity contribution is 7.89. The molecule has 3 rings (SSSR count). The number of carbonyl (C=O) groups excluding carboxylic acids is 1. The number of hydrogen-bond donors (Lipinski definition) is 1. The van der Waals surface area contributed by atoms with Crippen LogP contribution in [0, 0.1) is 0 Å². The monoisotopic (exact) mass is 436 g/mol. The number of nitrogens with zero attached hydrogens (tertiary/aromatic N) is 1. The fourth-order valence-electron chi connectivity index (χ4n) is 3.17. The highest BCUT2D eigenvalue weighted by Gasteiger charge is 2.27. The number of carbonyl (C=O) groups is 1. The van der Waals surface area contributed by atoms with Crippen LogP contribution in [0.5, 0.6) is 0 Å². The van der Waals surface area contributed by atoms with Crippen LogP contribution in [-0.4, -0.2) is 51.5 Å². The molecule has 156 valence electrons. The van der Waals surface area contributed by atoms with Gasteiger partial charge in [-0.1, -0.05) is 41.9 Å². The molecule has 0 atom stereocenters. The first-order valence-electron chi connectivity index (χ1n) is 9.68. The molecule has 0 spiro atoms. The Morgan fingerprint density at radius 3 is 2.52 bits per heavy atom. The van der Waals surface area contributed by atoms with Gasteiger partial charge in [-0.05, 0) is 43.0 Å². The molecule has 1 fully saturated rings. The van der Waals surface area contributed by atoms with Crippen LogP contribution in [0.4, 0.5) is 0 Å². The molecule has 0 radical (unpaired) electrons. The first kappa shape index (κ1) is 21.8. The van der Waals surface area contributed by atoms with E-state index in [-0.39, 0.29) is 21.4 Å². The van der Waals surface area contributed by atoms with Gasteiger partial charge in [0.1, 0.15) is 0 Å². The Bertz CT molecular complexity index is 929. The number of ether oxygens (including phenoxy) is 1. The summed E-state index contributed by atoms with van der Waals surface area (Å²) in [5.74, 6) is -0.367. The van der Waals surface area contributed by atoms with Gasteiger partial charge in [0, 0.05) is 19.6 Å². The average Bonchev–Trinajstić information content (AvgIpc) is 2.75. The third kappa shape index (κ3) is 5.79. The Morgan fingerprint density at radius 2 is 1.79 bits per heavy atom. The van der Waals surface area contributed by atoms with Crippen LogP contribution in [-0.2, 0) is 21.2 Å². The lowest BCUT2D eigenvalue weighted by Gasteiger charge is -2.26. The molecule has 29 heavy (non-hydrogen) atoms. The van der Waals surface area contributed by atoms with Crippen molar-refractivity contribution in [1.82, 2.24) is 9.62 Å². The average molecular weight is 437 g/mol. The van der Waals surface area contributed by atoms with E-state index in [9.17, 15) is 13.2 Å². The number of benzene rings is 2. The zero-order valence-electron chi connectivity index (χ0n) is 16.1. The Hall–Kier alpha value is -1.93. The topological polar surface area (TPSA) is 75.7 Å². The predicted octanol–water partition coefficient (Wildman–Crippen LogP) is 3.11. The lowest BCUT2D eigenvalue weighted by molar-refractivity contribution is 0.0730. The van der Waals surface area contributed by atoms with Crippen molar-refractivity contribution in [1.29, 1.82) is 0 Å². The second-order valence-electron chi connectivity index (χ2n) is 6.86. The fraction of sp³-hybridized carbons (Fsp3) is 0.381. The van der Waals surface area contributed by atoms with E-state index in [1.54, 1.807) is 0 Å². The molecule has 2 aromatic carbocycles. The first-order valence-corrected chi connectivity index (χ1v) is 11.5.